The standard InChI is InChI=1S/C24H30N8O5S/c1-17(18-4-5-20-21(12-18)37-16-36-20)27-23(33)13-19-14-31(38(34,35)29(2)3)10-11-32(19)22-6-7-26-24(28-22)30-9-8-25-15-30/h4-9,12,15,17,19H,10-11,13-14,16H2,1-3H3,(H,27,33). The number of piperazine rings is 1. The van der Waals surface area contributed by atoms with Gasteiger partial charge in [0.25, 0.3) is 10.2 Å². The molecule has 4 heterocycles. The maximum atomic E-state index is 13.2. The fraction of sp³-hybridized carbons (Fsp3) is 0.417. The van der Waals surface area contributed by atoms with Gasteiger partial charge in [-0.2, -0.15) is 22.0 Å². The van der Waals surface area contributed by atoms with Crippen molar-refractivity contribution in [2.75, 3.05) is 45.4 Å². The Labute approximate surface area is 221 Å². The van der Waals surface area contributed by atoms with Crippen LogP contribution in [0, 0.1) is 0 Å². The monoisotopic (exact) mass is 542 g/mol. The molecule has 2 atom stereocenters. The van der Waals surface area contributed by atoms with E-state index in [1.165, 1.54) is 22.7 Å². The number of fused-ring (bicyclic) bond motifs is 1. The number of nitrogens with one attached hydrogen (secondary N) is 1. The molecule has 2 aliphatic rings. The molecule has 1 N–H and O–H groups in total. The van der Waals surface area contributed by atoms with Crippen LogP contribution in [-0.2, 0) is 15.0 Å². The highest BCUT2D eigenvalue weighted by Gasteiger charge is 2.36. The number of nitrogens with zero attached hydrogens (tertiary/aromatic N) is 7. The van der Waals surface area contributed by atoms with Gasteiger partial charge < -0.3 is 19.7 Å². The predicted molar refractivity (Wildman–Crippen MR) is 138 cm³/mol. The van der Waals surface area contributed by atoms with Gasteiger partial charge >= 0.3 is 0 Å². The van der Waals surface area contributed by atoms with Crippen molar-refractivity contribution in [1.29, 1.82) is 0 Å². The summed E-state index contributed by atoms with van der Waals surface area (Å²) >= 11 is 0. The number of hydrogen-bond acceptors (Lipinski definition) is 9. The number of hydrogen-bond donors (Lipinski definition) is 1. The van der Waals surface area contributed by atoms with Crippen molar-refractivity contribution in [1.82, 2.24) is 33.4 Å². The number of ether oxygens (including phenoxy) is 2. The largest absolute Gasteiger partial charge is 0.454 e. The molecule has 14 heteroatoms. The summed E-state index contributed by atoms with van der Waals surface area (Å²) in [4.78, 5) is 28.2. The van der Waals surface area contributed by atoms with Crippen molar-refractivity contribution in [3.05, 3.63) is 54.7 Å². The van der Waals surface area contributed by atoms with E-state index in [4.69, 9.17) is 9.47 Å². The van der Waals surface area contributed by atoms with E-state index >= 15 is 0 Å². The van der Waals surface area contributed by atoms with Crippen LogP contribution in [0.25, 0.3) is 5.95 Å². The number of rotatable bonds is 8. The summed E-state index contributed by atoms with van der Waals surface area (Å²) in [5.74, 6) is 2.14. The molecule has 2 unspecified atom stereocenters. The maximum absolute atomic E-state index is 13.2. The van der Waals surface area contributed by atoms with Gasteiger partial charge in [0.15, 0.2) is 11.5 Å². The fourth-order valence-corrected chi connectivity index (χ4v) is 5.66. The van der Waals surface area contributed by atoms with E-state index in [0.29, 0.717) is 29.8 Å². The van der Waals surface area contributed by atoms with Gasteiger partial charge in [0.2, 0.25) is 18.6 Å². The highest BCUT2D eigenvalue weighted by atomic mass is 32.2. The fourth-order valence-electron chi connectivity index (χ4n) is 4.52. The van der Waals surface area contributed by atoms with E-state index in [1.54, 1.807) is 35.6 Å². The molecule has 0 spiro atoms. The molecular weight excluding hydrogens is 512 g/mol. The molecule has 202 valence electrons. The second-order valence-electron chi connectivity index (χ2n) is 9.29. The topological polar surface area (TPSA) is 135 Å². The smallest absolute Gasteiger partial charge is 0.281 e. The minimum Gasteiger partial charge on any atom is -0.454 e. The van der Waals surface area contributed by atoms with Crippen molar-refractivity contribution in [2.24, 2.45) is 0 Å². The van der Waals surface area contributed by atoms with Crippen LogP contribution in [0.3, 0.4) is 0 Å². The van der Waals surface area contributed by atoms with Crippen LogP contribution in [0.2, 0.25) is 0 Å². The number of benzene rings is 1. The van der Waals surface area contributed by atoms with Gasteiger partial charge in [-0.1, -0.05) is 6.07 Å². The van der Waals surface area contributed by atoms with Crippen molar-refractivity contribution in [3.63, 3.8) is 0 Å². The van der Waals surface area contributed by atoms with Crippen molar-refractivity contribution < 1.29 is 22.7 Å². The van der Waals surface area contributed by atoms with E-state index < -0.39 is 16.3 Å². The molecule has 2 aromatic heterocycles. The number of carbonyl (C=O) groups is 1. The molecule has 1 amide bonds. The zero-order chi connectivity index (χ0) is 26.9. The predicted octanol–water partition coefficient (Wildman–Crippen LogP) is 0.956. The highest BCUT2D eigenvalue weighted by molar-refractivity contribution is 7.86. The summed E-state index contributed by atoms with van der Waals surface area (Å²) in [5.41, 5.74) is 0.876. The summed E-state index contributed by atoms with van der Waals surface area (Å²) < 4.78 is 40.9. The van der Waals surface area contributed by atoms with Gasteiger partial charge in [-0.15, -0.1) is 0 Å². The molecule has 1 fully saturated rings. The summed E-state index contributed by atoms with van der Waals surface area (Å²) in [5, 5.41) is 3.03. The molecule has 5 rings (SSSR count). The second-order valence-corrected chi connectivity index (χ2v) is 11.4. The van der Waals surface area contributed by atoms with Gasteiger partial charge in [-0.05, 0) is 30.7 Å². The molecule has 13 nitrogen and oxygen atoms in total. The number of anilines is 1. The van der Waals surface area contributed by atoms with E-state index in [9.17, 15) is 13.2 Å². The van der Waals surface area contributed by atoms with E-state index in [0.717, 1.165) is 5.56 Å². The lowest BCUT2D eigenvalue weighted by Crippen LogP contribution is -2.58. The highest BCUT2D eigenvalue weighted by Crippen LogP contribution is 2.34. The Bertz CT molecular complexity index is 1400. The van der Waals surface area contributed by atoms with E-state index in [2.05, 4.69) is 20.3 Å². The Balaban J connectivity index is 1.35. The van der Waals surface area contributed by atoms with E-state index in [1.807, 2.05) is 30.0 Å². The molecule has 2 aliphatic heterocycles. The average molecular weight is 543 g/mol. The lowest BCUT2D eigenvalue weighted by atomic mass is 10.1. The van der Waals surface area contributed by atoms with Crippen molar-refractivity contribution >= 4 is 21.9 Å². The Hall–Kier alpha value is -3.75. The third-order valence-electron chi connectivity index (χ3n) is 6.59. The van der Waals surface area contributed by atoms with Crippen molar-refractivity contribution in [3.8, 4) is 17.4 Å². The summed E-state index contributed by atoms with van der Waals surface area (Å²) in [6.45, 7) is 2.82. The summed E-state index contributed by atoms with van der Waals surface area (Å²) in [6.07, 6.45) is 6.68. The first-order chi connectivity index (χ1) is 18.2. The first-order valence-electron chi connectivity index (χ1n) is 12.2. The lowest BCUT2D eigenvalue weighted by Gasteiger charge is -2.42. The summed E-state index contributed by atoms with van der Waals surface area (Å²) in [7, 11) is -0.656. The normalized spacial score (nSPS) is 18.5. The van der Waals surface area contributed by atoms with Crippen LogP contribution >= 0.6 is 0 Å². The number of amides is 1. The molecular formula is C24H30N8O5S. The molecule has 1 aromatic carbocycles. The number of carbonyl (C=O) groups excluding carboxylic acids is 1. The Kier molecular flexibility index (Phi) is 7.19. The third kappa shape index (κ3) is 5.28. The maximum Gasteiger partial charge on any atom is 0.281 e. The first-order valence-corrected chi connectivity index (χ1v) is 13.6. The average Bonchev–Trinajstić information content (AvgIpc) is 3.60. The Morgan fingerprint density at radius 1 is 1.18 bits per heavy atom. The number of imidazole rings is 1. The van der Waals surface area contributed by atoms with Crippen LogP contribution in [0.1, 0.15) is 24.9 Å². The third-order valence-corrected chi connectivity index (χ3v) is 8.49. The number of aromatic nitrogens is 4. The first kappa shape index (κ1) is 25.9. The van der Waals surface area contributed by atoms with Crippen LogP contribution in [-0.4, -0.2) is 89.0 Å². The van der Waals surface area contributed by atoms with Crippen LogP contribution in [0.5, 0.6) is 11.5 Å². The second kappa shape index (κ2) is 10.6. The molecule has 38 heavy (non-hydrogen) atoms. The van der Waals surface area contributed by atoms with Crippen LogP contribution in [0.15, 0.2) is 49.2 Å². The van der Waals surface area contributed by atoms with Gasteiger partial charge in [0.1, 0.15) is 12.1 Å². The summed E-state index contributed by atoms with van der Waals surface area (Å²) in [6, 6.07) is 6.58. The van der Waals surface area contributed by atoms with Gasteiger partial charge in [-0.3, -0.25) is 9.36 Å². The van der Waals surface area contributed by atoms with E-state index in [-0.39, 0.29) is 38.3 Å². The molecule has 0 saturated carbocycles. The van der Waals surface area contributed by atoms with Crippen LogP contribution in [0.4, 0.5) is 5.82 Å². The molecule has 0 bridgehead atoms. The minimum atomic E-state index is -3.65. The zero-order valence-corrected chi connectivity index (χ0v) is 22.2. The Morgan fingerprint density at radius 3 is 2.76 bits per heavy atom. The lowest BCUT2D eigenvalue weighted by molar-refractivity contribution is -0.122. The zero-order valence-electron chi connectivity index (χ0n) is 21.4. The Morgan fingerprint density at radius 2 is 2.00 bits per heavy atom. The van der Waals surface area contributed by atoms with Gasteiger partial charge in [0.05, 0.1) is 12.1 Å². The van der Waals surface area contributed by atoms with Crippen LogP contribution < -0.4 is 19.7 Å². The minimum absolute atomic E-state index is 0.0682. The van der Waals surface area contributed by atoms with Crippen molar-refractivity contribution in [2.45, 2.75) is 25.4 Å². The van der Waals surface area contributed by atoms with Gasteiger partial charge in [-0.25, -0.2) is 9.97 Å². The molecule has 1 saturated heterocycles. The van der Waals surface area contributed by atoms with Gasteiger partial charge in [0, 0.05) is 58.7 Å². The molecule has 0 aliphatic carbocycles. The quantitative estimate of drug-likeness (QED) is 0.441. The SMILES string of the molecule is CC(NC(=O)CC1CN(S(=O)(=O)N(C)C)CCN1c1ccnc(-n2ccnc2)n1)c1ccc2c(c1)OCO2. The molecule has 0 radical (unpaired) electrons. The molecule has 3 aromatic rings.